The number of amides is 2. The lowest BCUT2D eigenvalue weighted by atomic mass is 10.2. The van der Waals surface area contributed by atoms with Crippen LogP contribution in [0.5, 0.6) is 17.2 Å². The molecule has 0 spiro atoms. The van der Waals surface area contributed by atoms with Gasteiger partial charge in [0.2, 0.25) is 0 Å². The van der Waals surface area contributed by atoms with Crippen molar-refractivity contribution in [2.75, 3.05) is 20.3 Å². The first-order valence-corrected chi connectivity index (χ1v) is 11.7. The second kappa shape index (κ2) is 14.3. The highest BCUT2D eigenvalue weighted by atomic mass is 79.9. The Morgan fingerprint density at radius 3 is 2.39 bits per heavy atom. The molecule has 0 radical (unpaired) electrons. The average Bonchev–Trinajstić information content (AvgIpc) is 2.82. The quantitative estimate of drug-likeness (QED) is 0.225. The Morgan fingerprint density at radius 2 is 1.70 bits per heavy atom. The zero-order chi connectivity index (χ0) is 24.1. The molecule has 2 aromatic rings. The molecule has 0 atom stereocenters. The number of carbonyl (C=O) groups excluding carboxylic acids is 2. The van der Waals surface area contributed by atoms with E-state index in [0.717, 1.165) is 30.2 Å². The van der Waals surface area contributed by atoms with Crippen molar-refractivity contribution in [2.45, 2.75) is 32.6 Å². The summed E-state index contributed by atoms with van der Waals surface area (Å²) < 4.78 is 17.0. The number of hydrogen-bond acceptors (Lipinski definition) is 6. The number of benzene rings is 2. The van der Waals surface area contributed by atoms with Crippen molar-refractivity contribution in [3.63, 3.8) is 0 Å². The highest BCUT2D eigenvalue weighted by Crippen LogP contribution is 2.23. The fraction of sp³-hybridized carbons (Fsp3) is 0.348. The fourth-order valence-corrected chi connectivity index (χ4v) is 3.21. The van der Waals surface area contributed by atoms with Crippen molar-refractivity contribution in [3.8, 4) is 17.2 Å². The van der Waals surface area contributed by atoms with Gasteiger partial charge >= 0.3 is 0 Å². The Hall–Kier alpha value is -2.85. The van der Waals surface area contributed by atoms with Crippen LogP contribution in [-0.2, 0) is 4.79 Å². The van der Waals surface area contributed by atoms with Crippen molar-refractivity contribution in [1.29, 1.82) is 0 Å². The summed E-state index contributed by atoms with van der Waals surface area (Å²) in [4.78, 5) is 24.7. The molecule has 0 heterocycles. The van der Waals surface area contributed by atoms with Crippen LogP contribution < -0.4 is 30.4 Å². The molecule has 178 valence electrons. The molecule has 0 aromatic heterocycles. The average molecular weight is 538 g/mol. The van der Waals surface area contributed by atoms with E-state index in [1.54, 1.807) is 49.6 Å². The van der Waals surface area contributed by atoms with Gasteiger partial charge in [-0.05, 0) is 61.1 Å². The zero-order valence-electron chi connectivity index (χ0n) is 18.6. The molecule has 0 saturated heterocycles. The molecule has 10 heteroatoms. The highest BCUT2D eigenvalue weighted by Gasteiger charge is 2.15. The van der Waals surface area contributed by atoms with E-state index in [1.807, 2.05) is 0 Å². The van der Waals surface area contributed by atoms with Gasteiger partial charge in [0.1, 0.15) is 17.2 Å². The minimum Gasteiger partial charge on any atom is -0.497 e. The maximum atomic E-state index is 12.7. The summed E-state index contributed by atoms with van der Waals surface area (Å²) in [6.45, 7) is 2.43. The van der Waals surface area contributed by atoms with Crippen LogP contribution in [0.25, 0.3) is 0 Å². The summed E-state index contributed by atoms with van der Waals surface area (Å²) in [5.41, 5.74) is 5.19. The lowest BCUT2D eigenvalue weighted by molar-refractivity contribution is -0.123. The normalized spacial score (nSPS) is 10.2. The predicted octanol–water partition coefficient (Wildman–Crippen LogP) is 4.13. The Balaban J connectivity index is 1.80. The van der Waals surface area contributed by atoms with Crippen molar-refractivity contribution in [3.05, 3.63) is 52.5 Å². The summed E-state index contributed by atoms with van der Waals surface area (Å²) in [5.74, 6) is 0.734. The Labute approximate surface area is 207 Å². The molecule has 0 fully saturated rings. The molecule has 0 aliphatic carbocycles. The SMILES string of the molecule is CCCCCCOc1ccc(Br)cc1C(=O)NC(=S)NNC(=O)COc1ccc(OC)cc1. The zero-order valence-corrected chi connectivity index (χ0v) is 21.0. The van der Waals surface area contributed by atoms with Crippen LogP contribution in [0.2, 0.25) is 0 Å². The lowest BCUT2D eigenvalue weighted by Gasteiger charge is -2.14. The van der Waals surface area contributed by atoms with Crippen molar-refractivity contribution >= 4 is 45.1 Å². The first kappa shape index (κ1) is 26.4. The van der Waals surface area contributed by atoms with Crippen LogP contribution in [-0.4, -0.2) is 37.3 Å². The molecular formula is C23H28BrN3O5S. The maximum Gasteiger partial charge on any atom is 0.276 e. The lowest BCUT2D eigenvalue weighted by Crippen LogP contribution is -2.49. The standard InChI is InChI=1S/C23H28BrN3O5S/c1-3-4-5-6-13-31-20-12-7-16(24)14-19(20)22(29)25-23(33)27-26-21(28)15-32-18-10-8-17(30-2)9-11-18/h7-12,14H,3-6,13,15H2,1-2H3,(H,26,28)(H2,25,27,29,33). The molecule has 0 aliphatic rings. The minimum absolute atomic E-state index is 0.0633. The third kappa shape index (κ3) is 9.67. The van der Waals surface area contributed by atoms with Crippen LogP contribution in [0.15, 0.2) is 46.9 Å². The topological polar surface area (TPSA) is 97.9 Å². The molecule has 0 unspecified atom stereocenters. The van der Waals surface area contributed by atoms with Crippen molar-refractivity contribution < 1.29 is 23.8 Å². The molecule has 2 aromatic carbocycles. The molecule has 0 saturated carbocycles. The molecular weight excluding hydrogens is 510 g/mol. The van der Waals surface area contributed by atoms with E-state index in [-0.39, 0.29) is 11.7 Å². The van der Waals surface area contributed by atoms with Gasteiger partial charge in [-0.2, -0.15) is 0 Å². The van der Waals surface area contributed by atoms with Gasteiger partial charge in [0.15, 0.2) is 11.7 Å². The summed E-state index contributed by atoms with van der Waals surface area (Å²) >= 11 is 8.47. The summed E-state index contributed by atoms with van der Waals surface area (Å²) in [6.07, 6.45) is 4.27. The number of hydrazine groups is 1. The van der Waals surface area contributed by atoms with Gasteiger partial charge in [-0.25, -0.2) is 0 Å². The van der Waals surface area contributed by atoms with Gasteiger partial charge in [0.05, 0.1) is 19.3 Å². The number of halogens is 1. The fourth-order valence-electron chi connectivity index (χ4n) is 2.70. The van der Waals surface area contributed by atoms with Crippen molar-refractivity contribution in [1.82, 2.24) is 16.2 Å². The molecule has 33 heavy (non-hydrogen) atoms. The first-order valence-electron chi connectivity index (χ1n) is 10.5. The largest absolute Gasteiger partial charge is 0.497 e. The smallest absolute Gasteiger partial charge is 0.276 e. The number of unbranched alkanes of at least 4 members (excludes halogenated alkanes) is 3. The number of carbonyl (C=O) groups is 2. The van der Waals surface area contributed by atoms with Gasteiger partial charge in [-0.15, -0.1) is 0 Å². The van der Waals surface area contributed by atoms with Crippen LogP contribution in [0.1, 0.15) is 43.0 Å². The van der Waals surface area contributed by atoms with Crippen LogP contribution in [0.3, 0.4) is 0 Å². The van der Waals surface area contributed by atoms with Crippen LogP contribution >= 0.6 is 28.1 Å². The summed E-state index contributed by atoms with van der Waals surface area (Å²) in [6, 6.07) is 12.0. The van der Waals surface area contributed by atoms with E-state index in [0.29, 0.717) is 29.4 Å². The number of rotatable bonds is 11. The second-order valence-electron chi connectivity index (χ2n) is 6.97. The predicted molar refractivity (Wildman–Crippen MR) is 134 cm³/mol. The third-order valence-electron chi connectivity index (χ3n) is 4.41. The maximum absolute atomic E-state index is 12.7. The molecule has 3 N–H and O–H groups in total. The number of hydrogen-bond donors (Lipinski definition) is 3. The van der Waals surface area contributed by atoms with E-state index < -0.39 is 11.8 Å². The number of ether oxygens (including phenoxy) is 3. The van der Waals surface area contributed by atoms with Crippen LogP contribution in [0.4, 0.5) is 0 Å². The second-order valence-corrected chi connectivity index (χ2v) is 8.29. The van der Waals surface area contributed by atoms with E-state index in [2.05, 4.69) is 39.0 Å². The van der Waals surface area contributed by atoms with E-state index in [9.17, 15) is 9.59 Å². The first-order chi connectivity index (χ1) is 15.9. The Morgan fingerprint density at radius 1 is 0.970 bits per heavy atom. The van der Waals surface area contributed by atoms with Gasteiger partial charge in [0, 0.05) is 4.47 Å². The number of thiocarbonyl (C=S) groups is 1. The third-order valence-corrected chi connectivity index (χ3v) is 5.11. The van der Waals surface area contributed by atoms with Crippen LogP contribution in [0, 0.1) is 0 Å². The monoisotopic (exact) mass is 537 g/mol. The van der Waals surface area contributed by atoms with Gasteiger partial charge in [0.25, 0.3) is 11.8 Å². The van der Waals surface area contributed by atoms with Crippen molar-refractivity contribution in [2.24, 2.45) is 0 Å². The Kier molecular flexibility index (Phi) is 11.5. The Bertz CT molecular complexity index is 940. The molecule has 0 aliphatic heterocycles. The summed E-state index contributed by atoms with van der Waals surface area (Å²) in [7, 11) is 1.57. The molecule has 8 nitrogen and oxygen atoms in total. The molecule has 2 amide bonds. The molecule has 0 bridgehead atoms. The van der Waals surface area contributed by atoms with Gasteiger partial charge in [-0.1, -0.05) is 42.1 Å². The van der Waals surface area contributed by atoms with E-state index in [1.165, 1.54) is 0 Å². The van der Waals surface area contributed by atoms with Gasteiger partial charge < -0.3 is 14.2 Å². The number of methoxy groups -OCH3 is 1. The number of nitrogens with one attached hydrogen (secondary N) is 3. The highest BCUT2D eigenvalue weighted by molar-refractivity contribution is 9.10. The van der Waals surface area contributed by atoms with E-state index >= 15 is 0 Å². The van der Waals surface area contributed by atoms with Gasteiger partial charge in [-0.3, -0.25) is 25.8 Å². The van der Waals surface area contributed by atoms with E-state index in [4.69, 9.17) is 26.4 Å². The summed E-state index contributed by atoms with van der Waals surface area (Å²) in [5, 5.41) is 2.46. The molecule has 2 rings (SSSR count). The minimum atomic E-state index is -0.471.